The van der Waals surface area contributed by atoms with E-state index < -0.39 is 17.6 Å². The lowest BCUT2D eigenvalue weighted by Gasteiger charge is -2.30. The first-order valence-electron chi connectivity index (χ1n) is 11.1. The molecule has 1 aliphatic rings. The van der Waals surface area contributed by atoms with Gasteiger partial charge in [0.2, 0.25) is 0 Å². The molecule has 0 radical (unpaired) electrons. The molecular formula is C24H25ClF3N5O. The van der Waals surface area contributed by atoms with Gasteiger partial charge < -0.3 is 10.6 Å². The van der Waals surface area contributed by atoms with Crippen molar-refractivity contribution in [3.8, 4) is 0 Å². The minimum atomic E-state index is -4.53. The lowest BCUT2D eigenvalue weighted by atomic mass is 9.85. The van der Waals surface area contributed by atoms with E-state index in [4.69, 9.17) is 11.6 Å². The average Bonchev–Trinajstić information content (AvgIpc) is 3.35. The predicted molar refractivity (Wildman–Crippen MR) is 122 cm³/mol. The van der Waals surface area contributed by atoms with E-state index in [1.54, 1.807) is 0 Å². The SMILES string of the molecule is O=C(NC1CCC(CNC(c2ccccc2)c2ncn[nH]2)CC1)c1cc(C(F)(F)F)ccc1Cl. The van der Waals surface area contributed by atoms with Gasteiger partial charge in [-0.15, -0.1) is 0 Å². The molecule has 0 bridgehead atoms. The number of H-pyrrole nitrogens is 1. The average molecular weight is 492 g/mol. The number of carbonyl (C=O) groups excluding carboxylic acids is 1. The Morgan fingerprint density at radius 2 is 1.85 bits per heavy atom. The molecule has 1 heterocycles. The highest BCUT2D eigenvalue weighted by molar-refractivity contribution is 6.33. The van der Waals surface area contributed by atoms with E-state index >= 15 is 0 Å². The molecule has 0 saturated heterocycles. The first-order chi connectivity index (χ1) is 16.3. The molecule has 180 valence electrons. The number of halogens is 4. The monoisotopic (exact) mass is 491 g/mol. The van der Waals surface area contributed by atoms with Crippen LogP contribution in [0.4, 0.5) is 13.2 Å². The summed E-state index contributed by atoms with van der Waals surface area (Å²) in [6.45, 7) is 0.764. The third-order valence-electron chi connectivity index (χ3n) is 6.17. The van der Waals surface area contributed by atoms with E-state index in [-0.39, 0.29) is 22.7 Å². The summed E-state index contributed by atoms with van der Waals surface area (Å²) in [5, 5.41) is 13.3. The molecule has 1 unspecified atom stereocenters. The molecule has 3 aromatic rings. The topological polar surface area (TPSA) is 82.7 Å². The van der Waals surface area contributed by atoms with Gasteiger partial charge in [-0.1, -0.05) is 41.9 Å². The molecule has 6 nitrogen and oxygen atoms in total. The van der Waals surface area contributed by atoms with E-state index in [0.29, 0.717) is 5.92 Å². The van der Waals surface area contributed by atoms with E-state index in [9.17, 15) is 18.0 Å². The molecule has 1 aliphatic carbocycles. The highest BCUT2D eigenvalue weighted by atomic mass is 35.5. The quantitative estimate of drug-likeness (QED) is 0.427. The van der Waals surface area contributed by atoms with Crippen molar-refractivity contribution >= 4 is 17.5 Å². The maximum atomic E-state index is 13.0. The third-order valence-corrected chi connectivity index (χ3v) is 6.50. The third kappa shape index (κ3) is 5.95. The van der Waals surface area contributed by atoms with E-state index in [1.807, 2.05) is 30.3 Å². The number of nitrogens with one attached hydrogen (secondary N) is 3. The van der Waals surface area contributed by atoms with Gasteiger partial charge in [-0.3, -0.25) is 9.89 Å². The van der Waals surface area contributed by atoms with Crippen LogP contribution in [0.15, 0.2) is 54.9 Å². The van der Waals surface area contributed by atoms with Crippen LogP contribution in [0, 0.1) is 5.92 Å². The number of hydrogen-bond acceptors (Lipinski definition) is 4. The van der Waals surface area contributed by atoms with Crippen LogP contribution in [0.2, 0.25) is 5.02 Å². The molecule has 4 rings (SSSR count). The van der Waals surface area contributed by atoms with Crippen molar-refractivity contribution in [2.45, 2.75) is 43.9 Å². The second kappa shape index (κ2) is 10.6. The van der Waals surface area contributed by atoms with Crippen molar-refractivity contribution in [3.63, 3.8) is 0 Å². The van der Waals surface area contributed by atoms with Crippen molar-refractivity contribution in [2.75, 3.05) is 6.54 Å². The number of benzene rings is 2. The summed E-state index contributed by atoms with van der Waals surface area (Å²) >= 11 is 6.00. The van der Waals surface area contributed by atoms with Gasteiger partial charge in [0.05, 0.1) is 22.2 Å². The molecule has 2 aromatic carbocycles. The molecule has 3 N–H and O–H groups in total. The lowest BCUT2D eigenvalue weighted by molar-refractivity contribution is -0.137. The zero-order chi connectivity index (χ0) is 24.1. The number of aromatic amines is 1. The summed E-state index contributed by atoms with van der Waals surface area (Å²) in [5.41, 5.74) is 0.0350. The smallest absolute Gasteiger partial charge is 0.349 e. The summed E-state index contributed by atoms with van der Waals surface area (Å²) in [6, 6.07) is 12.6. The molecular weight excluding hydrogens is 467 g/mol. The highest BCUT2D eigenvalue weighted by Gasteiger charge is 2.32. The van der Waals surface area contributed by atoms with Crippen LogP contribution in [0.1, 0.15) is 59.0 Å². The Balaban J connectivity index is 1.31. The number of aromatic nitrogens is 3. The van der Waals surface area contributed by atoms with Crippen LogP contribution in [0.25, 0.3) is 0 Å². The van der Waals surface area contributed by atoms with Gasteiger partial charge in [-0.25, -0.2) is 4.98 Å². The summed E-state index contributed by atoms with van der Waals surface area (Å²) in [5.74, 6) is 0.566. The Morgan fingerprint density at radius 1 is 1.12 bits per heavy atom. The molecule has 1 amide bonds. The standard InChI is InChI=1S/C24H25ClF3N5O/c25-20-11-8-17(24(26,27)28)12-19(20)23(34)32-18-9-6-15(7-10-18)13-29-21(22-30-14-31-33-22)16-4-2-1-3-5-16/h1-5,8,11-12,14-15,18,21,29H,6-7,9-10,13H2,(H,32,34)(H,30,31,33). The molecule has 1 fully saturated rings. The van der Waals surface area contributed by atoms with Crippen LogP contribution in [-0.4, -0.2) is 33.7 Å². The van der Waals surface area contributed by atoms with Gasteiger partial charge in [0.15, 0.2) is 0 Å². The fraction of sp³-hybridized carbons (Fsp3) is 0.375. The second-order valence-electron chi connectivity index (χ2n) is 8.51. The van der Waals surface area contributed by atoms with E-state index in [0.717, 1.165) is 61.8 Å². The molecule has 1 aromatic heterocycles. The Kier molecular flexibility index (Phi) is 7.53. The largest absolute Gasteiger partial charge is 0.416 e. The zero-order valence-corrected chi connectivity index (χ0v) is 19.0. The first-order valence-corrected chi connectivity index (χ1v) is 11.5. The predicted octanol–water partition coefficient (Wildman–Crippen LogP) is 5.14. The van der Waals surface area contributed by atoms with Crippen LogP contribution in [-0.2, 0) is 6.18 Å². The second-order valence-corrected chi connectivity index (χ2v) is 8.91. The number of alkyl halides is 3. The maximum absolute atomic E-state index is 13.0. The van der Waals surface area contributed by atoms with Crippen LogP contribution in [0.5, 0.6) is 0 Å². The number of amides is 1. The lowest BCUT2D eigenvalue weighted by Crippen LogP contribution is -2.39. The van der Waals surface area contributed by atoms with Crippen LogP contribution < -0.4 is 10.6 Å². The highest BCUT2D eigenvalue weighted by Crippen LogP contribution is 2.32. The number of rotatable bonds is 7. The molecule has 1 atom stereocenters. The van der Waals surface area contributed by atoms with Gasteiger partial charge in [0, 0.05) is 6.04 Å². The van der Waals surface area contributed by atoms with E-state index in [1.165, 1.54) is 6.33 Å². The van der Waals surface area contributed by atoms with Crippen molar-refractivity contribution in [2.24, 2.45) is 5.92 Å². The Hall–Kier alpha value is -2.91. The van der Waals surface area contributed by atoms with Gasteiger partial charge in [0.1, 0.15) is 12.2 Å². The van der Waals surface area contributed by atoms with Crippen LogP contribution >= 0.6 is 11.6 Å². The molecule has 34 heavy (non-hydrogen) atoms. The normalized spacial score (nSPS) is 19.5. The van der Waals surface area contributed by atoms with Crippen LogP contribution in [0.3, 0.4) is 0 Å². The van der Waals surface area contributed by atoms with Crippen molar-refractivity contribution in [1.29, 1.82) is 0 Å². The Morgan fingerprint density at radius 3 is 2.50 bits per heavy atom. The van der Waals surface area contributed by atoms with Gasteiger partial charge >= 0.3 is 6.18 Å². The fourth-order valence-electron chi connectivity index (χ4n) is 4.31. The molecule has 1 saturated carbocycles. The minimum Gasteiger partial charge on any atom is -0.349 e. The van der Waals surface area contributed by atoms with Crippen molar-refractivity contribution in [3.05, 3.63) is 82.4 Å². The molecule has 10 heteroatoms. The number of nitrogens with zero attached hydrogens (tertiary/aromatic N) is 2. The zero-order valence-electron chi connectivity index (χ0n) is 18.3. The van der Waals surface area contributed by atoms with Gasteiger partial charge in [-0.2, -0.15) is 18.3 Å². The summed E-state index contributed by atoms with van der Waals surface area (Å²) in [4.78, 5) is 16.9. The van der Waals surface area contributed by atoms with E-state index in [2.05, 4.69) is 25.8 Å². The number of hydrogen-bond donors (Lipinski definition) is 3. The summed E-state index contributed by atoms with van der Waals surface area (Å²) in [7, 11) is 0. The number of carbonyl (C=O) groups is 1. The van der Waals surface area contributed by atoms with Gasteiger partial charge in [0.25, 0.3) is 5.91 Å². The summed E-state index contributed by atoms with van der Waals surface area (Å²) < 4.78 is 39.0. The maximum Gasteiger partial charge on any atom is 0.416 e. The minimum absolute atomic E-state index is 0.00255. The Labute approximate surface area is 200 Å². The Bertz CT molecular complexity index is 1080. The first kappa shape index (κ1) is 24.2. The van der Waals surface area contributed by atoms with Gasteiger partial charge in [-0.05, 0) is 61.9 Å². The summed E-state index contributed by atoms with van der Waals surface area (Å²) in [6.07, 6.45) is 0.198. The molecule has 0 spiro atoms. The van der Waals surface area contributed by atoms with Crippen molar-refractivity contribution in [1.82, 2.24) is 25.8 Å². The molecule has 0 aliphatic heterocycles. The van der Waals surface area contributed by atoms with Crippen molar-refractivity contribution < 1.29 is 18.0 Å². The fourth-order valence-corrected chi connectivity index (χ4v) is 4.51.